The minimum atomic E-state index is -0.762. The highest BCUT2D eigenvalue weighted by Gasteiger charge is 2.41. The van der Waals surface area contributed by atoms with Crippen LogP contribution < -0.4 is 10.1 Å². The fourth-order valence-electron chi connectivity index (χ4n) is 2.73. The molecule has 0 radical (unpaired) electrons. The predicted molar refractivity (Wildman–Crippen MR) is 86.4 cm³/mol. The van der Waals surface area contributed by atoms with Crippen LogP contribution in [0.25, 0.3) is 0 Å². The van der Waals surface area contributed by atoms with Gasteiger partial charge >= 0.3 is 6.03 Å². The standard InChI is InChI=1S/C16H22N4O4/c1-9-6-10(2)18-14(24-5)11(9)8-17-13(21)7-12-15(22)20(4)16(23)19(12)3/h6,12H,7-8H2,1-5H3,(H,17,21)/t12-/m0/s1. The van der Waals surface area contributed by atoms with Crippen LogP contribution in [0.2, 0.25) is 0 Å². The maximum atomic E-state index is 12.2. The van der Waals surface area contributed by atoms with Gasteiger partial charge in [-0.05, 0) is 25.5 Å². The number of ether oxygens (including phenoxy) is 1. The van der Waals surface area contributed by atoms with E-state index in [-0.39, 0.29) is 24.8 Å². The van der Waals surface area contributed by atoms with Crippen molar-refractivity contribution in [1.29, 1.82) is 0 Å². The summed E-state index contributed by atoms with van der Waals surface area (Å²) in [6.07, 6.45) is -0.0773. The molecule has 1 N–H and O–H groups in total. The van der Waals surface area contributed by atoms with E-state index in [0.717, 1.165) is 21.7 Å². The second-order valence-corrected chi connectivity index (χ2v) is 5.86. The second kappa shape index (κ2) is 6.86. The lowest BCUT2D eigenvalue weighted by Gasteiger charge is -2.16. The Hall–Kier alpha value is -2.64. The number of methoxy groups -OCH3 is 1. The number of aromatic nitrogens is 1. The van der Waals surface area contributed by atoms with Crippen LogP contribution in [0.5, 0.6) is 5.88 Å². The number of nitrogens with one attached hydrogen (secondary N) is 1. The lowest BCUT2D eigenvalue weighted by molar-refractivity contribution is -0.131. The van der Waals surface area contributed by atoms with E-state index in [2.05, 4.69) is 10.3 Å². The Bertz CT molecular complexity index is 689. The number of carbonyl (C=O) groups is 3. The van der Waals surface area contributed by atoms with Crippen molar-refractivity contribution in [2.45, 2.75) is 32.9 Å². The Morgan fingerprint density at radius 1 is 1.33 bits per heavy atom. The molecule has 1 saturated heterocycles. The zero-order chi connectivity index (χ0) is 18.0. The van der Waals surface area contributed by atoms with Crippen LogP contribution in [0.1, 0.15) is 23.2 Å². The molecule has 8 nitrogen and oxygen atoms in total. The topological polar surface area (TPSA) is 91.8 Å². The van der Waals surface area contributed by atoms with Gasteiger partial charge in [-0.2, -0.15) is 0 Å². The van der Waals surface area contributed by atoms with Gasteiger partial charge in [0, 0.05) is 31.9 Å². The molecule has 1 atom stereocenters. The Balaban J connectivity index is 2.02. The quantitative estimate of drug-likeness (QED) is 0.797. The Labute approximate surface area is 140 Å². The number of aryl methyl sites for hydroxylation is 2. The van der Waals surface area contributed by atoms with Crippen molar-refractivity contribution in [3.63, 3.8) is 0 Å². The van der Waals surface area contributed by atoms with Crippen LogP contribution in [0, 0.1) is 13.8 Å². The number of hydrogen-bond acceptors (Lipinski definition) is 5. The van der Waals surface area contributed by atoms with Gasteiger partial charge < -0.3 is 15.0 Å². The second-order valence-electron chi connectivity index (χ2n) is 5.86. The number of urea groups is 1. The van der Waals surface area contributed by atoms with Gasteiger partial charge in [-0.3, -0.25) is 14.5 Å². The molecule has 0 unspecified atom stereocenters. The van der Waals surface area contributed by atoms with Crippen molar-refractivity contribution in [1.82, 2.24) is 20.1 Å². The molecule has 0 aromatic carbocycles. The molecule has 8 heteroatoms. The maximum absolute atomic E-state index is 12.2. The summed E-state index contributed by atoms with van der Waals surface area (Å²) in [7, 11) is 4.45. The van der Waals surface area contributed by atoms with Crippen LogP contribution in [0.3, 0.4) is 0 Å². The molecule has 0 aliphatic carbocycles. The lowest BCUT2D eigenvalue weighted by Crippen LogP contribution is -2.37. The molecule has 0 saturated carbocycles. The first-order chi connectivity index (χ1) is 11.3. The summed E-state index contributed by atoms with van der Waals surface area (Å²) in [5.41, 5.74) is 2.58. The van der Waals surface area contributed by atoms with Crippen molar-refractivity contribution in [2.75, 3.05) is 21.2 Å². The smallest absolute Gasteiger partial charge is 0.326 e. The van der Waals surface area contributed by atoms with Crippen LogP contribution in [-0.4, -0.2) is 59.9 Å². The molecular weight excluding hydrogens is 312 g/mol. The molecule has 1 fully saturated rings. The van der Waals surface area contributed by atoms with Gasteiger partial charge in [0.15, 0.2) is 0 Å². The van der Waals surface area contributed by atoms with Crippen LogP contribution in [0.15, 0.2) is 6.07 Å². The summed E-state index contributed by atoms with van der Waals surface area (Å²) in [5, 5.41) is 2.76. The molecule has 4 amide bonds. The summed E-state index contributed by atoms with van der Waals surface area (Å²) < 4.78 is 5.26. The molecule has 0 bridgehead atoms. The average Bonchev–Trinajstić information content (AvgIpc) is 2.71. The number of likely N-dealkylation sites (N-methyl/N-ethyl adjacent to an activating group) is 2. The highest BCUT2D eigenvalue weighted by Crippen LogP contribution is 2.21. The van der Waals surface area contributed by atoms with Crippen molar-refractivity contribution < 1.29 is 19.1 Å². The third-order valence-electron chi connectivity index (χ3n) is 4.14. The fraction of sp³-hybridized carbons (Fsp3) is 0.500. The van der Waals surface area contributed by atoms with E-state index in [9.17, 15) is 14.4 Å². The summed E-state index contributed by atoms with van der Waals surface area (Å²) in [4.78, 5) is 42.5. The molecule has 0 spiro atoms. The molecular formula is C16H22N4O4. The van der Waals surface area contributed by atoms with Gasteiger partial charge in [-0.25, -0.2) is 9.78 Å². The molecule has 1 aliphatic rings. The Morgan fingerprint density at radius 2 is 2.00 bits per heavy atom. The summed E-state index contributed by atoms with van der Waals surface area (Å²) >= 11 is 0. The monoisotopic (exact) mass is 334 g/mol. The highest BCUT2D eigenvalue weighted by molar-refractivity contribution is 6.05. The molecule has 1 aromatic rings. The van der Waals surface area contributed by atoms with Crippen LogP contribution >= 0.6 is 0 Å². The number of amides is 4. The zero-order valence-electron chi connectivity index (χ0n) is 14.5. The largest absolute Gasteiger partial charge is 0.481 e. The number of pyridine rings is 1. The summed E-state index contributed by atoms with van der Waals surface area (Å²) in [6, 6.07) is 0.742. The van der Waals surface area contributed by atoms with Crippen molar-refractivity contribution in [3.05, 3.63) is 22.9 Å². The van der Waals surface area contributed by atoms with Crippen LogP contribution in [-0.2, 0) is 16.1 Å². The molecule has 24 heavy (non-hydrogen) atoms. The van der Waals surface area contributed by atoms with Crippen LogP contribution in [0.4, 0.5) is 4.79 Å². The zero-order valence-corrected chi connectivity index (χ0v) is 14.5. The third kappa shape index (κ3) is 3.32. The highest BCUT2D eigenvalue weighted by atomic mass is 16.5. The summed E-state index contributed by atoms with van der Waals surface area (Å²) in [5.74, 6) is -0.217. The van der Waals surface area contributed by atoms with E-state index < -0.39 is 12.1 Å². The van der Waals surface area contributed by atoms with E-state index in [4.69, 9.17) is 4.74 Å². The Kier molecular flexibility index (Phi) is 5.06. The average molecular weight is 334 g/mol. The normalized spacial score (nSPS) is 17.5. The van der Waals surface area contributed by atoms with E-state index in [1.807, 2.05) is 19.9 Å². The van der Waals surface area contributed by atoms with Gasteiger partial charge in [0.05, 0.1) is 13.5 Å². The number of nitrogens with zero attached hydrogens (tertiary/aromatic N) is 3. The van der Waals surface area contributed by atoms with Gasteiger partial charge in [0.25, 0.3) is 5.91 Å². The molecule has 1 aromatic heterocycles. The van der Waals surface area contributed by atoms with E-state index in [1.54, 1.807) is 0 Å². The fourth-order valence-corrected chi connectivity index (χ4v) is 2.73. The van der Waals surface area contributed by atoms with Gasteiger partial charge in [0.2, 0.25) is 11.8 Å². The van der Waals surface area contributed by atoms with Gasteiger partial charge in [0.1, 0.15) is 6.04 Å². The van der Waals surface area contributed by atoms with Gasteiger partial charge in [-0.15, -0.1) is 0 Å². The molecule has 2 heterocycles. The first-order valence-corrected chi connectivity index (χ1v) is 7.58. The minimum Gasteiger partial charge on any atom is -0.481 e. The number of hydrogen-bond donors (Lipinski definition) is 1. The lowest BCUT2D eigenvalue weighted by atomic mass is 10.1. The molecule has 1 aliphatic heterocycles. The van der Waals surface area contributed by atoms with Gasteiger partial charge in [-0.1, -0.05) is 0 Å². The Morgan fingerprint density at radius 3 is 2.54 bits per heavy atom. The van der Waals surface area contributed by atoms with Crippen molar-refractivity contribution in [2.24, 2.45) is 0 Å². The van der Waals surface area contributed by atoms with Crippen molar-refractivity contribution in [3.8, 4) is 5.88 Å². The number of carbonyl (C=O) groups excluding carboxylic acids is 3. The van der Waals surface area contributed by atoms with E-state index in [0.29, 0.717) is 5.88 Å². The van der Waals surface area contributed by atoms with Crippen molar-refractivity contribution >= 4 is 17.8 Å². The third-order valence-corrected chi connectivity index (χ3v) is 4.14. The number of imide groups is 1. The predicted octanol–water partition coefficient (Wildman–Crippen LogP) is 0.606. The molecule has 130 valence electrons. The SMILES string of the molecule is COc1nc(C)cc(C)c1CNC(=O)C[C@H]1C(=O)N(C)C(=O)N1C. The summed E-state index contributed by atoms with van der Waals surface area (Å²) in [6.45, 7) is 4.03. The maximum Gasteiger partial charge on any atom is 0.326 e. The van der Waals surface area contributed by atoms with E-state index in [1.165, 1.54) is 26.1 Å². The first kappa shape index (κ1) is 17.7. The molecule has 2 rings (SSSR count). The minimum absolute atomic E-state index is 0.0773. The first-order valence-electron chi connectivity index (χ1n) is 7.58. The number of rotatable bonds is 5. The van der Waals surface area contributed by atoms with E-state index >= 15 is 0 Å².